The molecule has 3 nitrogen and oxygen atoms in total. The smallest absolute Gasteiger partial charge is 0.251 e. The largest absolute Gasteiger partial charge is 0.496 e. The van der Waals surface area contributed by atoms with Crippen molar-refractivity contribution in [1.29, 1.82) is 0 Å². The van der Waals surface area contributed by atoms with Gasteiger partial charge in [-0.05, 0) is 53.2 Å². The van der Waals surface area contributed by atoms with Crippen molar-refractivity contribution in [1.82, 2.24) is 5.32 Å². The summed E-state index contributed by atoms with van der Waals surface area (Å²) in [6.45, 7) is 2.61. The van der Waals surface area contributed by atoms with Gasteiger partial charge < -0.3 is 10.1 Å². The Morgan fingerprint density at radius 2 is 2.16 bits per heavy atom. The number of ether oxygens (including phenoxy) is 1. The van der Waals surface area contributed by atoms with Gasteiger partial charge in [0.1, 0.15) is 5.75 Å². The lowest BCUT2D eigenvalue weighted by Gasteiger charge is -2.07. The Morgan fingerprint density at radius 3 is 2.74 bits per heavy atom. The Kier molecular flexibility index (Phi) is 4.61. The molecule has 0 aliphatic rings. The van der Waals surface area contributed by atoms with E-state index in [1.54, 1.807) is 36.6 Å². The van der Waals surface area contributed by atoms with Crippen LogP contribution in [0.3, 0.4) is 0 Å². The molecule has 0 saturated carbocycles. The highest BCUT2D eigenvalue weighted by Crippen LogP contribution is 2.25. The van der Waals surface area contributed by atoms with Crippen molar-refractivity contribution in [2.45, 2.75) is 13.5 Å². The predicted octanol–water partition coefficient (Wildman–Crippen LogP) is 3.76. The lowest BCUT2D eigenvalue weighted by molar-refractivity contribution is 0.0951. The van der Waals surface area contributed by atoms with Gasteiger partial charge in [0, 0.05) is 15.3 Å². The van der Waals surface area contributed by atoms with E-state index >= 15 is 0 Å². The van der Waals surface area contributed by atoms with Crippen LogP contribution in [-0.2, 0) is 6.54 Å². The van der Waals surface area contributed by atoms with E-state index in [0.29, 0.717) is 17.9 Å². The van der Waals surface area contributed by atoms with Gasteiger partial charge in [0.15, 0.2) is 0 Å². The summed E-state index contributed by atoms with van der Waals surface area (Å²) in [5, 5.41) is 2.90. The van der Waals surface area contributed by atoms with Crippen molar-refractivity contribution in [3.05, 3.63) is 50.1 Å². The number of carbonyl (C=O) groups is 1. The quantitative estimate of drug-likeness (QED) is 0.920. The maximum atomic E-state index is 12.0. The van der Waals surface area contributed by atoms with E-state index in [4.69, 9.17) is 4.74 Å². The first-order valence-electron chi connectivity index (χ1n) is 5.77. The Balaban J connectivity index is 2.01. The molecule has 1 amide bonds. The highest BCUT2D eigenvalue weighted by molar-refractivity contribution is 9.10. The van der Waals surface area contributed by atoms with Gasteiger partial charge in [-0.3, -0.25) is 4.79 Å². The molecule has 1 aromatic carbocycles. The SMILES string of the molecule is COc1ccc(C(=O)NCc2ccc(C)s2)cc1Br. The minimum atomic E-state index is -0.0885. The zero-order chi connectivity index (χ0) is 13.8. The van der Waals surface area contributed by atoms with Crippen molar-refractivity contribution in [2.24, 2.45) is 0 Å². The number of nitrogens with one attached hydrogen (secondary N) is 1. The van der Waals surface area contributed by atoms with E-state index in [-0.39, 0.29) is 5.91 Å². The maximum absolute atomic E-state index is 12.0. The molecule has 0 fully saturated rings. The van der Waals surface area contributed by atoms with Gasteiger partial charge in [-0.1, -0.05) is 0 Å². The topological polar surface area (TPSA) is 38.3 Å². The van der Waals surface area contributed by atoms with Crippen molar-refractivity contribution in [3.63, 3.8) is 0 Å². The van der Waals surface area contributed by atoms with Crippen LogP contribution in [0.4, 0.5) is 0 Å². The van der Waals surface area contributed by atoms with Crippen LogP contribution in [0.5, 0.6) is 5.75 Å². The molecule has 1 aromatic heterocycles. The molecular formula is C14H14BrNO2S. The summed E-state index contributed by atoms with van der Waals surface area (Å²) < 4.78 is 5.91. The Hall–Kier alpha value is -1.33. The minimum absolute atomic E-state index is 0.0885. The highest BCUT2D eigenvalue weighted by atomic mass is 79.9. The molecule has 0 spiro atoms. The summed E-state index contributed by atoms with van der Waals surface area (Å²) in [6.07, 6.45) is 0. The number of rotatable bonds is 4. The lowest BCUT2D eigenvalue weighted by atomic mass is 10.2. The molecule has 0 aliphatic carbocycles. The summed E-state index contributed by atoms with van der Waals surface area (Å²) in [5.74, 6) is 0.625. The Morgan fingerprint density at radius 1 is 1.37 bits per heavy atom. The summed E-state index contributed by atoms with van der Waals surface area (Å²) in [7, 11) is 1.60. The van der Waals surface area contributed by atoms with Crippen molar-refractivity contribution < 1.29 is 9.53 Å². The zero-order valence-corrected chi connectivity index (χ0v) is 13.1. The van der Waals surface area contributed by atoms with E-state index in [9.17, 15) is 4.79 Å². The molecule has 2 aromatic rings. The molecule has 0 unspecified atom stereocenters. The fraction of sp³-hybridized carbons (Fsp3) is 0.214. The average Bonchev–Trinajstić information content (AvgIpc) is 2.81. The molecule has 0 atom stereocenters. The number of carbonyl (C=O) groups excluding carboxylic acids is 1. The van der Waals surface area contributed by atoms with Gasteiger partial charge in [0.2, 0.25) is 0 Å². The molecule has 1 N–H and O–H groups in total. The second kappa shape index (κ2) is 6.21. The molecule has 0 saturated heterocycles. The minimum Gasteiger partial charge on any atom is -0.496 e. The zero-order valence-electron chi connectivity index (χ0n) is 10.7. The van der Waals surface area contributed by atoms with E-state index in [2.05, 4.69) is 34.2 Å². The predicted molar refractivity (Wildman–Crippen MR) is 80.9 cm³/mol. The van der Waals surface area contributed by atoms with E-state index < -0.39 is 0 Å². The second-order valence-electron chi connectivity index (χ2n) is 4.04. The first kappa shape index (κ1) is 14.1. The second-order valence-corrected chi connectivity index (χ2v) is 6.27. The molecular weight excluding hydrogens is 326 g/mol. The van der Waals surface area contributed by atoms with Crippen molar-refractivity contribution in [3.8, 4) is 5.75 Å². The number of methoxy groups -OCH3 is 1. The van der Waals surface area contributed by atoms with Gasteiger partial charge in [-0.2, -0.15) is 0 Å². The molecule has 5 heteroatoms. The summed E-state index contributed by atoms with van der Waals surface area (Å²) >= 11 is 5.06. The van der Waals surface area contributed by atoms with Gasteiger partial charge in [-0.25, -0.2) is 0 Å². The van der Waals surface area contributed by atoms with Crippen molar-refractivity contribution >= 4 is 33.2 Å². The normalized spacial score (nSPS) is 10.3. The number of aryl methyl sites for hydroxylation is 1. The number of benzene rings is 1. The van der Waals surface area contributed by atoms with Crippen molar-refractivity contribution in [2.75, 3.05) is 7.11 Å². The van der Waals surface area contributed by atoms with Crippen LogP contribution in [0.2, 0.25) is 0 Å². The summed E-state index contributed by atoms with van der Waals surface area (Å²) in [6, 6.07) is 9.36. The van der Waals surface area contributed by atoms with E-state index in [1.807, 2.05) is 6.07 Å². The van der Waals surface area contributed by atoms with E-state index in [1.165, 1.54) is 4.88 Å². The molecule has 100 valence electrons. The fourth-order valence-electron chi connectivity index (χ4n) is 1.66. The number of amides is 1. The van der Waals surface area contributed by atoms with Gasteiger partial charge >= 0.3 is 0 Å². The number of thiophene rings is 1. The summed E-state index contributed by atoms with van der Waals surface area (Å²) in [4.78, 5) is 14.4. The summed E-state index contributed by atoms with van der Waals surface area (Å²) in [5.41, 5.74) is 0.612. The maximum Gasteiger partial charge on any atom is 0.251 e. The third-order valence-corrected chi connectivity index (χ3v) is 4.25. The third kappa shape index (κ3) is 3.58. The highest BCUT2D eigenvalue weighted by Gasteiger charge is 2.09. The molecule has 0 bridgehead atoms. The number of hydrogen-bond donors (Lipinski definition) is 1. The van der Waals surface area contributed by atoms with Crippen LogP contribution >= 0.6 is 27.3 Å². The Bertz CT molecular complexity index is 595. The van der Waals surface area contributed by atoms with Crippen LogP contribution in [0.25, 0.3) is 0 Å². The molecule has 1 heterocycles. The van der Waals surface area contributed by atoms with Crippen LogP contribution in [0, 0.1) is 6.92 Å². The number of halogens is 1. The van der Waals surface area contributed by atoms with Crippen LogP contribution in [0.15, 0.2) is 34.8 Å². The van der Waals surface area contributed by atoms with Crippen LogP contribution in [-0.4, -0.2) is 13.0 Å². The monoisotopic (exact) mass is 339 g/mol. The van der Waals surface area contributed by atoms with Gasteiger partial charge in [-0.15, -0.1) is 11.3 Å². The van der Waals surface area contributed by atoms with Crippen LogP contribution < -0.4 is 10.1 Å². The average molecular weight is 340 g/mol. The van der Waals surface area contributed by atoms with Gasteiger partial charge in [0.25, 0.3) is 5.91 Å². The van der Waals surface area contributed by atoms with Gasteiger partial charge in [0.05, 0.1) is 18.1 Å². The molecule has 0 radical (unpaired) electrons. The fourth-order valence-corrected chi connectivity index (χ4v) is 3.03. The lowest BCUT2D eigenvalue weighted by Crippen LogP contribution is -2.22. The number of hydrogen-bond acceptors (Lipinski definition) is 3. The molecule has 2 rings (SSSR count). The third-order valence-electron chi connectivity index (χ3n) is 2.63. The Labute approximate surface area is 124 Å². The van der Waals surface area contributed by atoms with Crippen LogP contribution in [0.1, 0.15) is 20.1 Å². The first-order valence-corrected chi connectivity index (χ1v) is 7.38. The first-order chi connectivity index (χ1) is 9.10. The standard InChI is InChI=1S/C14H14BrNO2S/c1-9-3-5-11(19-9)8-16-14(17)10-4-6-13(18-2)12(15)7-10/h3-7H,8H2,1-2H3,(H,16,17). The molecule has 19 heavy (non-hydrogen) atoms. The molecule has 0 aliphatic heterocycles. The van der Waals surface area contributed by atoms with E-state index in [0.717, 1.165) is 9.35 Å².